The molecule has 210 valence electrons. The van der Waals surface area contributed by atoms with E-state index in [0.717, 1.165) is 44.4 Å². The zero-order valence-corrected chi connectivity index (χ0v) is 24.2. The predicted molar refractivity (Wildman–Crippen MR) is 143 cm³/mol. The fourth-order valence-corrected chi connectivity index (χ4v) is 5.64. The lowest BCUT2D eigenvalue weighted by atomic mass is 9.96. The molecule has 15 heteroatoms. The standard InChI is InChI=1S/C24H23Cl2NO10S2/c1-10(28)33-9-17-19(34-11(2)29)20(35-12(3)30)21(36-13(4)31)23(37-17)27-22(32)18(39-24(27)38)7-14-5-6-15(25)8-16(14)26/h5-8,17,19-21,23H,9H2,1-4H3/b18-7+/t17-,19+,20-,21-,23+/m0/s1. The fourth-order valence-electron chi connectivity index (χ4n) is 3.87. The van der Waals surface area contributed by atoms with Gasteiger partial charge in [-0.25, -0.2) is 0 Å². The van der Waals surface area contributed by atoms with Gasteiger partial charge in [-0.05, 0) is 23.8 Å². The molecule has 1 aromatic carbocycles. The van der Waals surface area contributed by atoms with E-state index in [1.54, 1.807) is 12.1 Å². The third-order valence-electron chi connectivity index (χ3n) is 5.29. The van der Waals surface area contributed by atoms with Gasteiger partial charge in [0.2, 0.25) is 0 Å². The predicted octanol–water partition coefficient (Wildman–Crippen LogP) is 3.28. The summed E-state index contributed by atoms with van der Waals surface area (Å²) < 4.78 is 27.3. The zero-order chi connectivity index (χ0) is 29.0. The summed E-state index contributed by atoms with van der Waals surface area (Å²) >= 11 is 18.6. The Morgan fingerprint density at radius 2 is 1.56 bits per heavy atom. The number of halogens is 2. The van der Waals surface area contributed by atoms with Gasteiger partial charge in [0.15, 0.2) is 28.9 Å². The van der Waals surface area contributed by atoms with Crippen LogP contribution in [-0.4, -0.2) is 76.3 Å². The number of thiocarbonyl (C=S) groups is 1. The van der Waals surface area contributed by atoms with E-state index < -0.39 is 67.0 Å². The zero-order valence-electron chi connectivity index (χ0n) is 21.0. The lowest BCUT2D eigenvalue weighted by Gasteiger charge is -2.46. The molecule has 0 spiro atoms. The van der Waals surface area contributed by atoms with Crippen LogP contribution in [0.5, 0.6) is 0 Å². The van der Waals surface area contributed by atoms with Crippen LogP contribution in [0.4, 0.5) is 0 Å². The lowest BCUT2D eigenvalue weighted by Crippen LogP contribution is -2.66. The number of hydrogen-bond acceptors (Lipinski definition) is 12. The summed E-state index contributed by atoms with van der Waals surface area (Å²) in [5, 5.41) is 0.697. The number of rotatable bonds is 7. The molecular weight excluding hydrogens is 597 g/mol. The second-order valence-corrected chi connectivity index (χ2v) is 10.8. The van der Waals surface area contributed by atoms with E-state index in [9.17, 15) is 24.0 Å². The number of hydrogen-bond donors (Lipinski definition) is 0. The van der Waals surface area contributed by atoms with Crippen LogP contribution in [-0.2, 0) is 47.7 Å². The van der Waals surface area contributed by atoms with E-state index in [4.69, 9.17) is 59.1 Å². The Hall–Kier alpha value is -2.71. The van der Waals surface area contributed by atoms with Gasteiger partial charge in [-0.3, -0.25) is 28.9 Å². The normalized spacial score (nSPS) is 25.8. The largest absolute Gasteiger partial charge is 0.463 e. The molecule has 2 aliphatic heterocycles. The van der Waals surface area contributed by atoms with Crippen molar-refractivity contribution in [3.05, 3.63) is 38.7 Å². The summed E-state index contributed by atoms with van der Waals surface area (Å²) in [7, 11) is 0. The van der Waals surface area contributed by atoms with Crippen LogP contribution in [0.25, 0.3) is 6.08 Å². The molecule has 0 unspecified atom stereocenters. The average molecular weight is 620 g/mol. The Labute approximate surface area is 243 Å². The topological polar surface area (TPSA) is 135 Å². The molecule has 39 heavy (non-hydrogen) atoms. The summed E-state index contributed by atoms with van der Waals surface area (Å²) in [5.74, 6) is -3.68. The number of carbonyl (C=O) groups is 5. The van der Waals surface area contributed by atoms with E-state index in [-0.39, 0.29) is 9.23 Å². The van der Waals surface area contributed by atoms with E-state index in [1.165, 1.54) is 12.1 Å². The molecule has 0 saturated carbocycles. The minimum atomic E-state index is -1.48. The molecular formula is C24H23Cl2NO10S2. The van der Waals surface area contributed by atoms with E-state index in [0.29, 0.717) is 15.6 Å². The molecule has 5 atom stereocenters. The highest BCUT2D eigenvalue weighted by molar-refractivity contribution is 8.26. The Morgan fingerprint density at radius 1 is 0.974 bits per heavy atom. The summed E-state index contributed by atoms with van der Waals surface area (Å²) in [5.41, 5.74) is 0.489. The first-order chi connectivity index (χ1) is 18.3. The molecule has 2 saturated heterocycles. The molecule has 0 bridgehead atoms. The number of benzene rings is 1. The molecule has 2 aliphatic rings. The van der Waals surface area contributed by atoms with Crippen molar-refractivity contribution < 1.29 is 47.7 Å². The van der Waals surface area contributed by atoms with Gasteiger partial charge in [-0.1, -0.05) is 53.2 Å². The van der Waals surface area contributed by atoms with E-state index in [2.05, 4.69) is 0 Å². The smallest absolute Gasteiger partial charge is 0.303 e. The SMILES string of the molecule is CC(=O)OC[C@@H]1O[C@@H](N2C(=O)/C(=C\c3ccc(Cl)cc3Cl)SC2=S)[C@@H](OC(C)=O)[C@@H](OC(C)=O)[C@@H]1OC(C)=O. The fraction of sp³-hybridized carbons (Fsp3) is 0.417. The first-order valence-electron chi connectivity index (χ1n) is 11.3. The van der Waals surface area contributed by atoms with Crippen molar-refractivity contribution in [2.24, 2.45) is 0 Å². The third kappa shape index (κ3) is 7.70. The van der Waals surface area contributed by atoms with Crippen LogP contribution in [0.1, 0.15) is 33.3 Å². The number of amides is 1. The van der Waals surface area contributed by atoms with Crippen LogP contribution >= 0.6 is 47.2 Å². The Balaban J connectivity index is 2.06. The summed E-state index contributed by atoms with van der Waals surface area (Å²) in [6, 6.07) is 4.72. The van der Waals surface area contributed by atoms with Crippen LogP contribution in [0, 0.1) is 0 Å². The number of thioether (sulfide) groups is 1. The van der Waals surface area contributed by atoms with Crippen molar-refractivity contribution in [2.75, 3.05) is 6.61 Å². The first-order valence-corrected chi connectivity index (χ1v) is 13.3. The molecule has 1 amide bonds. The van der Waals surface area contributed by atoms with Gasteiger partial charge in [0.05, 0.1) is 4.91 Å². The van der Waals surface area contributed by atoms with Crippen molar-refractivity contribution in [1.29, 1.82) is 0 Å². The second-order valence-electron chi connectivity index (χ2n) is 8.31. The maximum absolute atomic E-state index is 13.6. The monoisotopic (exact) mass is 619 g/mol. The highest BCUT2D eigenvalue weighted by Gasteiger charge is 2.56. The molecule has 2 heterocycles. The molecule has 0 aliphatic carbocycles. The maximum atomic E-state index is 13.6. The van der Waals surface area contributed by atoms with Gasteiger partial charge >= 0.3 is 23.9 Å². The van der Waals surface area contributed by atoms with Crippen molar-refractivity contribution in [2.45, 2.75) is 58.3 Å². The van der Waals surface area contributed by atoms with Crippen LogP contribution in [0.2, 0.25) is 10.0 Å². The third-order valence-corrected chi connectivity index (χ3v) is 7.19. The molecule has 3 rings (SSSR count). The van der Waals surface area contributed by atoms with E-state index in [1.807, 2.05) is 0 Å². The summed E-state index contributed by atoms with van der Waals surface area (Å²) in [4.78, 5) is 62.4. The Kier molecular flexibility index (Phi) is 10.4. The lowest BCUT2D eigenvalue weighted by molar-refractivity contribution is -0.268. The number of nitrogens with zero attached hydrogens (tertiary/aromatic N) is 1. The van der Waals surface area contributed by atoms with Gasteiger partial charge in [-0.2, -0.15) is 0 Å². The molecule has 2 fully saturated rings. The molecule has 0 radical (unpaired) electrons. The van der Waals surface area contributed by atoms with Gasteiger partial charge in [0.25, 0.3) is 5.91 Å². The van der Waals surface area contributed by atoms with Crippen molar-refractivity contribution in [3.63, 3.8) is 0 Å². The Bertz CT molecular complexity index is 1240. The maximum Gasteiger partial charge on any atom is 0.303 e. The van der Waals surface area contributed by atoms with Crippen LogP contribution in [0.15, 0.2) is 23.1 Å². The van der Waals surface area contributed by atoms with Crippen LogP contribution < -0.4 is 0 Å². The highest BCUT2D eigenvalue weighted by Crippen LogP contribution is 2.40. The van der Waals surface area contributed by atoms with Crippen molar-refractivity contribution in [1.82, 2.24) is 4.90 Å². The molecule has 1 aromatic rings. The van der Waals surface area contributed by atoms with Crippen molar-refractivity contribution >= 4 is 87.4 Å². The van der Waals surface area contributed by atoms with Gasteiger partial charge in [0.1, 0.15) is 12.7 Å². The van der Waals surface area contributed by atoms with Gasteiger partial charge in [0, 0.05) is 37.7 Å². The summed E-state index contributed by atoms with van der Waals surface area (Å²) in [6.45, 7) is 4.01. The van der Waals surface area contributed by atoms with Crippen molar-refractivity contribution in [3.8, 4) is 0 Å². The number of esters is 4. The Morgan fingerprint density at radius 3 is 2.13 bits per heavy atom. The second kappa shape index (κ2) is 13.1. The molecule has 11 nitrogen and oxygen atoms in total. The molecule has 0 N–H and O–H groups in total. The minimum absolute atomic E-state index is 0.0252. The van der Waals surface area contributed by atoms with Gasteiger partial charge < -0.3 is 23.7 Å². The number of ether oxygens (including phenoxy) is 5. The average Bonchev–Trinajstić information content (AvgIpc) is 3.09. The molecule has 0 aromatic heterocycles. The first kappa shape index (κ1) is 30.8. The quantitative estimate of drug-likeness (QED) is 0.192. The summed E-state index contributed by atoms with van der Waals surface area (Å²) in [6.07, 6.45) is -5.49. The number of carbonyl (C=O) groups excluding carboxylic acids is 5. The van der Waals surface area contributed by atoms with E-state index >= 15 is 0 Å². The van der Waals surface area contributed by atoms with Gasteiger partial charge in [-0.15, -0.1) is 0 Å². The minimum Gasteiger partial charge on any atom is -0.463 e. The highest BCUT2D eigenvalue weighted by atomic mass is 35.5. The van der Waals surface area contributed by atoms with Crippen LogP contribution in [0.3, 0.4) is 0 Å².